The average molecular weight is 475 g/mol. The number of alkyl carbamates (subject to hydrolysis) is 1. The monoisotopic (exact) mass is 474 g/mol. The van der Waals surface area contributed by atoms with E-state index in [-0.39, 0.29) is 36.4 Å². The SMILES string of the molecule is CC(C)[C@H](NC(=O)OCC1c2ccccc2-c2ccccc21)C(=O)NCc1ncc(C(=O)O)cn1. The topological polar surface area (TPSA) is 131 Å². The molecule has 2 aromatic carbocycles. The predicted molar refractivity (Wildman–Crippen MR) is 128 cm³/mol. The van der Waals surface area contributed by atoms with Gasteiger partial charge < -0.3 is 20.5 Å². The maximum Gasteiger partial charge on any atom is 0.407 e. The van der Waals surface area contributed by atoms with E-state index in [1.807, 2.05) is 50.2 Å². The van der Waals surface area contributed by atoms with Gasteiger partial charge >= 0.3 is 12.1 Å². The second kappa shape index (κ2) is 10.3. The number of benzene rings is 2. The number of carboxylic acids is 1. The predicted octanol–water partition coefficient (Wildman–Crippen LogP) is 3.35. The third-order valence-corrected chi connectivity index (χ3v) is 5.94. The summed E-state index contributed by atoms with van der Waals surface area (Å²) in [7, 11) is 0. The second-order valence-electron chi connectivity index (χ2n) is 8.60. The van der Waals surface area contributed by atoms with Gasteiger partial charge in [0.25, 0.3) is 0 Å². The van der Waals surface area contributed by atoms with Crippen LogP contribution in [-0.4, -0.2) is 45.7 Å². The lowest BCUT2D eigenvalue weighted by atomic mass is 9.98. The van der Waals surface area contributed by atoms with Crippen LogP contribution in [-0.2, 0) is 16.1 Å². The van der Waals surface area contributed by atoms with Crippen molar-refractivity contribution in [3.05, 3.63) is 83.4 Å². The average Bonchev–Trinajstić information content (AvgIpc) is 3.18. The summed E-state index contributed by atoms with van der Waals surface area (Å²) in [5, 5.41) is 14.3. The van der Waals surface area contributed by atoms with Crippen molar-refractivity contribution in [1.82, 2.24) is 20.6 Å². The number of hydrogen-bond donors (Lipinski definition) is 3. The van der Waals surface area contributed by atoms with Crippen LogP contribution in [0.15, 0.2) is 60.9 Å². The summed E-state index contributed by atoms with van der Waals surface area (Å²) < 4.78 is 5.56. The molecule has 9 nitrogen and oxygen atoms in total. The van der Waals surface area contributed by atoms with Crippen LogP contribution in [0.5, 0.6) is 0 Å². The third kappa shape index (κ3) is 5.29. The van der Waals surface area contributed by atoms with Crippen molar-refractivity contribution in [1.29, 1.82) is 0 Å². The van der Waals surface area contributed by atoms with Crippen molar-refractivity contribution >= 4 is 18.0 Å². The Labute approximate surface area is 202 Å². The number of aromatic nitrogens is 2. The molecule has 0 radical (unpaired) electrons. The summed E-state index contributed by atoms with van der Waals surface area (Å²) in [6, 6.07) is 15.3. The number of nitrogens with zero attached hydrogens (tertiary/aromatic N) is 2. The highest BCUT2D eigenvalue weighted by Crippen LogP contribution is 2.44. The molecule has 2 amide bonds. The Kier molecular flexibility index (Phi) is 7.05. The van der Waals surface area contributed by atoms with Gasteiger partial charge in [0.05, 0.1) is 12.1 Å². The fourth-order valence-corrected chi connectivity index (χ4v) is 4.13. The summed E-state index contributed by atoms with van der Waals surface area (Å²) in [4.78, 5) is 44.1. The maximum absolute atomic E-state index is 12.7. The molecular weight excluding hydrogens is 448 g/mol. The van der Waals surface area contributed by atoms with Crippen molar-refractivity contribution in [3.63, 3.8) is 0 Å². The van der Waals surface area contributed by atoms with E-state index in [0.29, 0.717) is 0 Å². The van der Waals surface area contributed by atoms with E-state index in [1.54, 1.807) is 0 Å². The summed E-state index contributed by atoms with van der Waals surface area (Å²) in [5.41, 5.74) is 4.43. The molecule has 0 spiro atoms. The Morgan fingerprint density at radius 3 is 2.09 bits per heavy atom. The number of amides is 2. The Bertz CT molecular complexity index is 1200. The fourth-order valence-electron chi connectivity index (χ4n) is 4.13. The lowest BCUT2D eigenvalue weighted by Crippen LogP contribution is -2.49. The first-order valence-corrected chi connectivity index (χ1v) is 11.3. The van der Waals surface area contributed by atoms with Gasteiger partial charge in [0.1, 0.15) is 18.5 Å². The molecular formula is C26H26N4O5. The Balaban J connectivity index is 1.35. The van der Waals surface area contributed by atoms with E-state index in [9.17, 15) is 14.4 Å². The van der Waals surface area contributed by atoms with E-state index in [1.165, 1.54) is 12.4 Å². The van der Waals surface area contributed by atoms with Crippen LogP contribution >= 0.6 is 0 Å². The number of rotatable bonds is 8. The van der Waals surface area contributed by atoms with Gasteiger partial charge in [0.2, 0.25) is 5.91 Å². The molecule has 1 aromatic heterocycles. The van der Waals surface area contributed by atoms with E-state index in [2.05, 4.69) is 32.7 Å². The van der Waals surface area contributed by atoms with Gasteiger partial charge in [0, 0.05) is 18.3 Å². The molecule has 1 aliphatic rings. The maximum atomic E-state index is 12.7. The van der Waals surface area contributed by atoms with Crippen LogP contribution in [0.1, 0.15) is 47.1 Å². The van der Waals surface area contributed by atoms with Gasteiger partial charge in [0.15, 0.2) is 0 Å². The summed E-state index contributed by atoms with van der Waals surface area (Å²) in [6.45, 7) is 3.77. The second-order valence-corrected chi connectivity index (χ2v) is 8.60. The van der Waals surface area contributed by atoms with Crippen molar-refractivity contribution in [3.8, 4) is 11.1 Å². The summed E-state index contributed by atoms with van der Waals surface area (Å²) in [6.07, 6.45) is 1.67. The van der Waals surface area contributed by atoms with Crippen molar-refractivity contribution in [2.24, 2.45) is 5.92 Å². The quantitative estimate of drug-likeness (QED) is 0.456. The number of hydrogen-bond acceptors (Lipinski definition) is 6. The van der Waals surface area contributed by atoms with Crippen molar-refractivity contribution in [2.45, 2.75) is 32.4 Å². The highest BCUT2D eigenvalue weighted by molar-refractivity contribution is 5.87. The van der Waals surface area contributed by atoms with Crippen LogP contribution in [0.25, 0.3) is 11.1 Å². The third-order valence-electron chi connectivity index (χ3n) is 5.94. The molecule has 0 unspecified atom stereocenters. The van der Waals surface area contributed by atoms with Gasteiger partial charge in [-0.2, -0.15) is 0 Å². The number of carbonyl (C=O) groups excluding carboxylic acids is 2. The zero-order valence-electron chi connectivity index (χ0n) is 19.4. The van der Waals surface area contributed by atoms with Gasteiger partial charge in [-0.3, -0.25) is 4.79 Å². The minimum absolute atomic E-state index is 0.00563. The fraction of sp³-hybridized carbons (Fsp3) is 0.269. The van der Waals surface area contributed by atoms with Gasteiger partial charge in [-0.1, -0.05) is 62.4 Å². The molecule has 4 rings (SSSR count). The molecule has 3 N–H and O–H groups in total. The number of nitrogens with one attached hydrogen (secondary N) is 2. The van der Waals surface area contributed by atoms with Crippen LogP contribution in [0.3, 0.4) is 0 Å². The van der Waals surface area contributed by atoms with Gasteiger partial charge in [-0.15, -0.1) is 0 Å². The molecule has 1 atom stereocenters. The number of carbonyl (C=O) groups is 3. The molecule has 0 aliphatic heterocycles. The molecule has 35 heavy (non-hydrogen) atoms. The molecule has 3 aromatic rings. The molecule has 0 bridgehead atoms. The molecule has 0 fully saturated rings. The van der Waals surface area contributed by atoms with Crippen LogP contribution in [0, 0.1) is 5.92 Å². The van der Waals surface area contributed by atoms with E-state index in [4.69, 9.17) is 9.84 Å². The zero-order valence-corrected chi connectivity index (χ0v) is 19.4. The molecule has 180 valence electrons. The van der Waals surface area contributed by atoms with Crippen molar-refractivity contribution in [2.75, 3.05) is 6.61 Å². The molecule has 9 heteroatoms. The lowest BCUT2D eigenvalue weighted by molar-refractivity contribution is -0.124. The van der Waals surface area contributed by atoms with Crippen LogP contribution < -0.4 is 10.6 Å². The van der Waals surface area contributed by atoms with E-state index < -0.39 is 24.0 Å². The first-order valence-electron chi connectivity index (χ1n) is 11.3. The largest absolute Gasteiger partial charge is 0.478 e. The Morgan fingerprint density at radius 2 is 1.54 bits per heavy atom. The van der Waals surface area contributed by atoms with Gasteiger partial charge in [-0.05, 0) is 28.2 Å². The molecule has 0 saturated heterocycles. The standard InChI is InChI=1S/C26H26N4O5/c1-15(2)23(24(31)29-13-22-27-11-16(12-28-22)25(32)33)30-26(34)35-14-21-19-9-5-3-7-17(19)18-8-4-6-10-20(18)21/h3-12,15,21,23H,13-14H2,1-2H3,(H,29,31)(H,30,34)(H,32,33)/t23-/m0/s1. The molecule has 1 heterocycles. The summed E-state index contributed by atoms with van der Waals surface area (Å²) in [5.74, 6) is -1.57. The number of aromatic carboxylic acids is 1. The number of carboxylic acid groups (broad SMARTS) is 1. The molecule has 0 saturated carbocycles. The van der Waals surface area contributed by atoms with Crippen LogP contribution in [0.4, 0.5) is 4.79 Å². The number of ether oxygens (including phenoxy) is 1. The normalized spacial score (nSPS) is 13.0. The highest BCUT2D eigenvalue weighted by Gasteiger charge is 2.30. The van der Waals surface area contributed by atoms with Crippen LogP contribution in [0.2, 0.25) is 0 Å². The minimum atomic E-state index is -1.13. The highest BCUT2D eigenvalue weighted by atomic mass is 16.5. The molecule has 1 aliphatic carbocycles. The first kappa shape index (κ1) is 23.9. The Morgan fingerprint density at radius 1 is 0.971 bits per heavy atom. The summed E-state index contributed by atoms with van der Waals surface area (Å²) >= 11 is 0. The smallest absolute Gasteiger partial charge is 0.407 e. The zero-order chi connectivity index (χ0) is 24.9. The minimum Gasteiger partial charge on any atom is -0.478 e. The van der Waals surface area contributed by atoms with Crippen molar-refractivity contribution < 1.29 is 24.2 Å². The lowest BCUT2D eigenvalue weighted by Gasteiger charge is -2.22. The van der Waals surface area contributed by atoms with E-state index >= 15 is 0 Å². The van der Waals surface area contributed by atoms with Gasteiger partial charge in [-0.25, -0.2) is 19.6 Å². The van der Waals surface area contributed by atoms with E-state index in [0.717, 1.165) is 22.3 Å². The Hall–Kier alpha value is -4.27. The number of fused-ring (bicyclic) bond motifs is 3. The first-order chi connectivity index (χ1) is 16.8.